The zero-order valence-electron chi connectivity index (χ0n) is 17.6. The van der Waals surface area contributed by atoms with Crippen molar-refractivity contribution in [3.8, 4) is 0 Å². The van der Waals surface area contributed by atoms with Gasteiger partial charge in [0.15, 0.2) is 5.69 Å². The number of aromatic amines is 1. The van der Waals surface area contributed by atoms with Gasteiger partial charge in [0, 0.05) is 30.3 Å². The van der Waals surface area contributed by atoms with Crippen LogP contribution in [0.3, 0.4) is 0 Å². The summed E-state index contributed by atoms with van der Waals surface area (Å²) in [6, 6.07) is 4.13. The van der Waals surface area contributed by atoms with Gasteiger partial charge in [-0.25, -0.2) is 4.79 Å². The van der Waals surface area contributed by atoms with Gasteiger partial charge in [0.25, 0.3) is 17.2 Å². The topological polar surface area (TPSA) is 144 Å². The first-order valence-corrected chi connectivity index (χ1v) is 9.77. The lowest BCUT2D eigenvalue weighted by molar-refractivity contribution is -0.385. The molecule has 0 radical (unpaired) electrons. The molecular formula is C20H27N5O5. The predicted octanol–water partition coefficient (Wildman–Crippen LogP) is 2.44. The highest BCUT2D eigenvalue weighted by atomic mass is 16.6. The Morgan fingerprint density at radius 1 is 1.33 bits per heavy atom. The normalized spacial score (nSPS) is 11.0. The first-order chi connectivity index (χ1) is 14.1. The van der Waals surface area contributed by atoms with E-state index >= 15 is 0 Å². The summed E-state index contributed by atoms with van der Waals surface area (Å²) in [6.07, 6.45) is 1.47. The largest absolute Gasteiger partial charge is 0.383 e. The number of aryl methyl sites for hydroxylation is 1. The molecule has 0 saturated carbocycles. The Kier molecular flexibility index (Phi) is 7.14. The van der Waals surface area contributed by atoms with Crippen LogP contribution in [0.4, 0.5) is 17.2 Å². The van der Waals surface area contributed by atoms with Crippen molar-refractivity contribution < 1.29 is 9.72 Å². The number of hydrogen-bond acceptors (Lipinski definition) is 6. The van der Waals surface area contributed by atoms with Crippen molar-refractivity contribution in [1.82, 2.24) is 9.55 Å². The summed E-state index contributed by atoms with van der Waals surface area (Å²) in [7, 11) is 0. The molecule has 2 rings (SSSR count). The van der Waals surface area contributed by atoms with E-state index in [1.165, 1.54) is 27.7 Å². The SMILES string of the molecule is CCCCn1c(N)c(N(CC(C)C)C(=O)c2ccc(C)c([N+](=O)[O-])c2)c(=O)[nH]c1=O. The van der Waals surface area contributed by atoms with Gasteiger partial charge >= 0.3 is 5.69 Å². The maximum atomic E-state index is 13.3. The molecule has 162 valence electrons. The van der Waals surface area contributed by atoms with Gasteiger partial charge in [-0.05, 0) is 25.3 Å². The zero-order chi connectivity index (χ0) is 22.6. The molecule has 0 aliphatic carbocycles. The molecule has 10 heteroatoms. The first kappa shape index (κ1) is 22.9. The number of carbonyl (C=O) groups excluding carboxylic acids is 1. The van der Waals surface area contributed by atoms with Crippen LogP contribution in [0.25, 0.3) is 0 Å². The van der Waals surface area contributed by atoms with E-state index in [9.17, 15) is 24.5 Å². The number of nitrogens with two attached hydrogens (primary N) is 1. The number of nitro groups is 1. The number of hydrogen-bond donors (Lipinski definition) is 2. The van der Waals surface area contributed by atoms with E-state index in [0.29, 0.717) is 18.5 Å². The van der Waals surface area contributed by atoms with Crippen molar-refractivity contribution in [2.75, 3.05) is 17.2 Å². The van der Waals surface area contributed by atoms with Crippen LogP contribution in [0.2, 0.25) is 0 Å². The quantitative estimate of drug-likeness (QED) is 0.498. The second-order valence-electron chi connectivity index (χ2n) is 7.57. The fraction of sp³-hybridized carbons (Fsp3) is 0.450. The lowest BCUT2D eigenvalue weighted by Crippen LogP contribution is -2.42. The van der Waals surface area contributed by atoms with Crippen molar-refractivity contribution in [3.05, 3.63) is 60.3 Å². The summed E-state index contributed by atoms with van der Waals surface area (Å²) in [6.45, 7) is 7.67. The summed E-state index contributed by atoms with van der Waals surface area (Å²) in [5.74, 6) is -0.748. The molecule has 0 saturated heterocycles. The standard InChI is InChI=1S/C20H27N5O5/c1-5-6-9-23-17(21)16(18(26)22-20(23)28)24(11-12(2)3)19(27)14-8-7-13(4)15(10-14)25(29)30/h7-8,10,12H,5-6,9,11,21H2,1-4H3,(H,22,26,28). The number of nitrogens with zero attached hydrogens (tertiary/aromatic N) is 3. The van der Waals surface area contributed by atoms with Gasteiger partial charge < -0.3 is 10.6 Å². The number of H-pyrrole nitrogens is 1. The smallest absolute Gasteiger partial charge is 0.330 e. The molecule has 1 aromatic heterocycles. The van der Waals surface area contributed by atoms with E-state index in [2.05, 4.69) is 4.98 Å². The third-order valence-corrected chi connectivity index (χ3v) is 4.66. The molecular weight excluding hydrogens is 390 g/mol. The van der Waals surface area contributed by atoms with Gasteiger partial charge in [0.2, 0.25) is 0 Å². The van der Waals surface area contributed by atoms with E-state index in [-0.39, 0.29) is 35.2 Å². The van der Waals surface area contributed by atoms with Crippen LogP contribution in [0, 0.1) is 23.0 Å². The first-order valence-electron chi connectivity index (χ1n) is 9.77. The molecule has 1 heterocycles. The number of rotatable bonds is 8. The summed E-state index contributed by atoms with van der Waals surface area (Å²) < 4.78 is 1.23. The fourth-order valence-corrected chi connectivity index (χ4v) is 3.11. The van der Waals surface area contributed by atoms with Crippen LogP contribution < -0.4 is 21.9 Å². The third kappa shape index (κ3) is 4.76. The number of anilines is 2. The van der Waals surface area contributed by atoms with Gasteiger partial charge in [0.1, 0.15) is 5.82 Å². The number of carbonyl (C=O) groups is 1. The second kappa shape index (κ2) is 9.38. The van der Waals surface area contributed by atoms with Crippen LogP contribution in [-0.4, -0.2) is 26.9 Å². The zero-order valence-corrected chi connectivity index (χ0v) is 17.6. The molecule has 0 atom stereocenters. The van der Waals surface area contributed by atoms with E-state index in [1.807, 2.05) is 20.8 Å². The molecule has 30 heavy (non-hydrogen) atoms. The van der Waals surface area contributed by atoms with Crippen molar-refractivity contribution in [2.24, 2.45) is 5.92 Å². The van der Waals surface area contributed by atoms with Crippen LogP contribution >= 0.6 is 0 Å². The minimum Gasteiger partial charge on any atom is -0.383 e. The number of amides is 1. The molecule has 1 aromatic carbocycles. The van der Waals surface area contributed by atoms with Gasteiger partial charge in [0.05, 0.1) is 4.92 Å². The molecule has 0 aliphatic rings. The minimum absolute atomic E-state index is 0.0378. The minimum atomic E-state index is -0.777. The third-order valence-electron chi connectivity index (χ3n) is 4.66. The Labute approximate surface area is 173 Å². The highest BCUT2D eigenvalue weighted by Crippen LogP contribution is 2.24. The number of nitro benzene ring substituents is 1. The van der Waals surface area contributed by atoms with Crippen molar-refractivity contribution in [2.45, 2.75) is 47.1 Å². The Morgan fingerprint density at radius 2 is 2.00 bits per heavy atom. The van der Waals surface area contributed by atoms with Crippen LogP contribution in [0.5, 0.6) is 0 Å². The fourth-order valence-electron chi connectivity index (χ4n) is 3.11. The summed E-state index contributed by atoms with van der Waals surface area (Å²) in [5, 5.41) is 11.3. The van der Waals surface area contributed by atoms with Crippen molar-refractivity contribution >= 4 is 23.1 Å². The molecule has 1 amide bonds. The van der Waals surface area contributed by atoms with E-state index < -0.39 is 22.1 Å². The lowest BCUT2D eigenvalue weighted by Gasteiger charge is -2.26. The number of nitrogen functional groups attached to an aromatic ring is 1. The Bertz CT molecular complexity index is 1070. The predicted molar refractivity (Wildman–Crippen MR) is 115 cm³/mol. The van der Waals surface area contributed by atoms with Gasteiger partial charge in [-0.3, -0.25) is 29.3 Å². The summed E-state index contributed by atoms with van der Waals surface area (Å²) in [5.41, 5.74) is 4.89. The molecule has 0 aliphatic heterocycles. The van der Waals surface area contributed by atoms with Gasteiger partial charge in [-0.15, -0.1) is 0 Å². The van der Waals surface area contributed by atoms with E-state index in [0.717, 1.165) is 6.42 Å². The van der Waals surface area contributed by atoms with Crippen molar-refractivity contribution in [1.29, 1.82) is 0 Å². The highest BCUT2D eigenvalue weighted by molar-refractivity contribution is 6.07. The highest BCUT2D eigenvalue weighted by Gasteiger charge is 2.27. The average Bonchev–Trinajstić information content (AvgIpc) is 2.66. The molecule has 3 N–H and O–H groups in total. The molecule has 10 nitrogen and oxygen atoms in total. The van der Waals surface area contributed by atoms with Crippen LogP contribution in [-0.2, 0) is 6.54 Å². The number of nitrogens with one attached hydrogen (secondary N) is 1. The van der Waals surface area contributed by atoms with Crippen LogP contribution in [0.15, 0.2) is 27.8 Å². The van der Waals surface area contributed by atoms with Crippen LogP contribution in [0.1, 0.15) is 49.5 Å². The summed E-state index contributed by atoms with van der Waals surface area (Å²) in [4.78, 5) is 52.2. The Balaban J connectivity index is 2.65. The lowest BCUT2D eigenvalue weighted by atomic mass is 10.1. The average molecular weight is 417 g/mol. The van der Waals surface area contributed by atoms with E-state index in [1.54, 1.807) is 6.92 Å². The van der Waals surface area contributed by atoms with E-state index in [4.69, 9.17) is 5.73 Å². The van der Waals surface area contributed by atoms with Crippen molar-refractivity contribution in [3.63, 3.8) is 0 Å². The summed E-state index contributed by atoms with van der Waals surface area (Å²) >= 11 is 0. The molecule has 0 bridgehead atoms. The Hall–Kier alpha value is -3.43. The monoisotopic (exact) mass is 417 g/mol. The number of aromatic nitrogens is 2. The Morgan fingerprint density at radius 3 is 2.57 bits per heavy atom. The maximum Gasteiger partial charge on any atom is 0.330 e. The van der Waals surface area contributed by atoms with Gasteiger partial charge in [-0.1, -0.05) is 33.3 Å². The second-order valence-corrected chi connectivity index (χ2v) is 7.57. The maximum absolute atomic E-state index is 13.3. The molecule has 0 unspecified atom stereocenters. The molecule has 0 spiro atoms. The molecule has 2 aromatic rings. The number of unbranched alkanes of at least 4 members (excludes halogenated alkanes) is 1. The number of benzene rings is 1. The van der Waals surface area contributed by atoms with Gasteiger partial charge in [-0.2, -0.15) is 0 Å². The molecule has 0 fully saturated rings.